The van der Waals surface area contributed by atoms with Crippen molar-refractivity contribution in [2.24, 2.45) is 0 Å². The Morgan fingerprint density at radius 3 is 2.46 bits per heavy atom. The van der Waals surface area contributed by atoms with E-state index in [9.17, 15) is 9.90 Å². The van der Waals surface area contributed by atoms with Gasteiger partial charge in [0.15, 0.2) is 0 Å². The number of benzene rings is 1. The van der Waals surface area contributed by atoms with Crippen molar-refractivity contribution in [2.75, 3.05) is 6.54 Å². The van der Waals surface area contributed by atoms with Gasteiger partial charge in [-0.2, -0.15) is 5.10 Å². The minimum absolute atomic E-state index is 0.154. The number of aromatic nitrogens is 2. The van der Waals surface area contributed by atoms with Crippen LogP contribution in [0.3, 0.4) is 0 Å². The number of hydrogen-bond acceptors (Lipinski definition) is 3. The Kier molecular flexibility index (Phi) is 5.44. The lowest BCUT2D eigenvalue weighted by molar-refractivity contribution is 0.0943. The number of hydrogen-bond donors (Lipinski definition) is 2. The fourth-order valence-corrected chi connectivity index (χ4v) is 2.41. The highest BCUT2D eigenvalue weighted by molar-refractivity contribution is 5.95. The molecule has 5 heteroatoms. The van der Waals surface area contributed by atoms with Crippen LogP contribution < -0.4 is 5.32 Å². The molecule has 0 radical (unpaired) electrons. The molecule has 1 heterocycles. The van der Waals surface area contributed by atoms with Crippen LogP contribution in [0.25, 0.3) is 5.69 Å². The van der Waals surface area contributed by atoms with Crippen molar-refractivity contribution in [1.82, 2.24) is 15.1 Å². The minimum atomic E-state index is -0.428. The van der Waals surface area contributed by atoms with Crippen molar-refractivity contribution in [3.05, 3.63) is 47.3 Å². The van der Waals surface area contributed by atoms with E-state index in [1.54, 1.807) is 17.8 Å². The van der Waals surface area contributed by atoms with Crippen molar-refractivity contribution in [3.8, 4) is 5.69 Å². The average Bonchev–Trinajstić information content (AvgIpc) is 2.93. The van der Waals surface area contributed by atoms with Crippen LogP contribution in [0.2, 0.25) is 0 Å². The molecule has 0 aliphatic heterocycles. The molecule has 130 valence electrons. The zero-order valence-electron chi connectivity index (χ0n) is 15.1. The van der Waals surface area contributed by atoms with Gasteiger partial charge >= 0.3 is 0 Å². The van der Waals surface area contributed by atoms with E-state index in [2.05, 4.69) is 10.4 Å². The molecule has 2 rings (SSSR count). The lowest BCUT2D eigenvalue weighted by atomic mass is 9.89. The summed E-state index contributed by atoms with van der Waals surface area (Å²) in [5.74, 6) is -0.154. The smallest absolute Gasteiger partial charge is 0.254 e. The minimum Gasteiger partial charge on any atom is -0.393 e. The molecule has 2 N–H and O–H groups in total. The first kappa shape index (κ1) is 18.2. The third kappa shape index (κ3) is 4.45. The van der Waals surface area contributed by atoms with Gasteiger partial charge in [-0.05, 0) is 32.4 Å². The van der Waals surface area contributed by atoms with Gasteiger partial charge in [0, 0.05) is 18.2 Å². The molecule has 1 atom stereocenters. The molecule has 1 aromatic heterocycles. The lowest BCUT2D eigenvalue weighted by Crippen LogP contribution is -2.28. The molecule has 0 aliphatic rings. The average molecular weight is 329 g/mol. The van der Waals surface area contributed by atoms with Gasteiger partial charge in [-0.1, -0.05) is 38.5 Å². The van der Waals surface area contributed by atoms with E-state index in [-0.39, 0.29) is 11.3 Å². The van der Waals surface area contributed by atoms with E-state index in [1.165, 1.54) is 5.56 Å². The Balaban J connectivity index is 2.32. The highest BCUT2D eigenvalue weighted by Crippen LogP contribution is 2.25. The van der Waals surface area contributed by atoms with Crippen molar-refractivity contribution >= 4 is 5.91 Å². The molecule has 1 aromatic carbocycles. The van der Waals surface area contributed by atoms with Gasteiger partial charge in [0.05, 0.1) is 23.0 Å². The zero-order chi connectivity index (χ0) is 17.9. The normalized spacial score (nSPS) is 12.9. The fourth-order valence-electron chi connectivity index (χ4n) is 2.41. The van der Waals surface area contributed by atoms with Gasteiger partial charge in [0.1, 0.15) is 0 Å². The van der Waals surface area contributed by atoms with Crippen LogP contribution in [0.5, 0.6) is 0 Å². The van der Waals surface area contributed by atoms with Crippen LogP contribution in [0, 0.1) is 6.92 Å². The van der Waals surface area contributed by atoms with Gasteiger partial charge in [0.2, 0.25) is 0 Å². The van der Waals surface area contributed by atoms with Crippen molar-refractivity contribution < 1.29 is 9.90 Å². The summed E-state index contributed by atoms with van der Waals surface area (Å²) >= 11 is 0. The van der Waals surface area contributed by atoms with Crippen molar-refractivity contribution in [2.45, 2.75) is 52.6 Å². The number of amides is 1. The molecule has 0 saturated heterocycles. The second-order valence-corrected chi connectivity index (χ2v) is 7.32. The fraction of sp³-hybridized carbons (Fsp3) is 0.474. The summed E-state index contributed by atoms with van der Waals surface area (Å²) in [6, 6.07) is 8.03. The summed E-state index contributed by atoms with van der Waals surface area (Å²) in [5.41, 5.74) is 3.20. The number of aliphatic hydroxyl groups is 1. The van der Waals surface area contributed by atoms with Gasteiger partial charge in [0.25, 0.3) is 5.91 Å². The summed E-state index contributed by atoms with van der Waals surface area (Å²) in [6.45, 7) is 10.3. The van der Waals surface area contributed by atoms with Crippen molar-refractivity contribution in [1.29, 1.82) is 0 Å². The third-order valence-electron chi connectivity index (χ3n) is 3.82. The quantitative estimate of drug-likeness (QED) is 0.886. The third-order valence-corrected chi connectivity index (χ3v) is 3.82. The van der Waals surface area contributed by atoms with E-state index in [0.717, 1.165) is 11.4 Å². The number of aryl methyl sites for hydroxylation is 1. The zero-order valence-corrected chi connectivity index (χ0v) is 15.1. The van der Waals surface area contributed by atoms with Crippen LogP contribution >= 0.6 is 0 Å². The van der Waals surface area contributed by atoms with Crippen LogP contribution in [0.15, 0.2) is 30.5 Å². The summed E-state index contributed by atoms with van der Waals surface area (Å²) in [5, 5.41) is 16.8. The first-order valence-corrected chi connectivity index (χ1v) is 8.32. The second-order valence-electron chi connectivity index (χ2n) is 7.32. The van der Waals surface area contributed by atoms with Crippen LogP contribution in [0.4, 0.5) is 0 Å². The monoisotopic (exact) mass is 329 g/mol. The summed E-state index contributed by atoms with van der Waals surface area (Å²) in [6.07, 6.45) is 1.88. The number of carbonyl (C=O) groups excluding carboxylic acids is 1. The predicted octanol–water partition coefficient (Wildman–Crippen LogP) is 2.98. The van der Waals surface area contributed by atoms with E-state index >= 15 is 0 Å². The van der Waals surface area contributed by atoms with E-state index in [4.69, 9.17) is 0 Å². The molecule has 5 nitrogen and oxygen atoms in total. The van der Waals surface area contributed by atoms with Crippen LogP contribution in [-0.4, -0.2) is 33.4 Å². The Morgan fingerprint density at radius 2 is 1.92 bits per heavy atom. The molecule has 0 saturated carbocycles. The first-order valence-electron chi connectivity index (χ1n) is 8.32. The van der Waals surface area contributed by atoms with Gasteiger partial charge in [-0.25, -0.2) is 4.68 Å². The van der Waals surface area contributed by atoms with Crippen LogP contribution in [-0.2, 0) is 5.41 Å². The van der Waals surface area contributed by atoms with E-state index in [0.29, 0.717) is 18.5 Å². The Hall–Kier alpha value is -2.14. The number of nitrogens with one attached hydrogen (secondary N) is 1. The number of nitrogens with zero attached hydrogens (tertiary/aromatic N) is 2. The summed E-state index contributed by atoms with van der Waals surface area (Å²) in [7, 11) is 0. The molecule has 1 unspecified atom stereocenters. The maximum atomic E-state index is 12.5. The summed E-state index contributed by atoms with van der Waals surface area (Å²) in [4.78, 5) is 12.5. The lowest BCUT2D eigenvalue weighted by Gasteiger charge is -2.17. The molecule has 24 heavy (non-hydrogen) atoms. The standard InChI is InChI=1S/C19H27N3O2/c1-13-6-8-15(9-7-13)22-12-16(17(21-22)19(3,4)5)18(24)20-11-10-14(2)23/h6-9,12,14,23H,10-11H2,1-5H3,(H,20,24). The maximum absolute atomic E-state index is 12.5. The highest BCUT2D eigenvalue weighted by atomic mass is 16.3. The van der Waals surface area contributed by atoms with Gasteiger partial charge in [-0.3, -0.25) is 4.79 Å². The number of rotatable bonds is 5. The molecular formula is C19H27N3O2. The van der Waals surface area contributed by atoms with Crippen molar-refractivity contribution in [3.63, 3.8) is 0 Å². The molecule has 1 amide bonds. The number of carbonyl (C=O) groups is 1. The van der Waals surface area contributed by atoms with E-state index in [1.807, 2.05) is 52.0 Å². The highest BCUT2D eigenvalue weighted by Gasteiger charge is 2.26. The first-order chi connectivity index (χ1) is 11.2. The maximum Gasteiger partial charge on any atom is 0.254 e. The van der Waals surface area contributed by atoms with Gasteiger partial charge < -0.3 is 10.4 Å². The molecule has 0 fully saturated rings. The second kappa shape index (κ2) is 7.18. The van der Waals surface area contributed by atoms with Gasteiger partial charge in [-0.15, -0.1) is 0 Å². The SMILES string of the molecule is Cc1ccc(-n2cc(C(=O)NCCC(C)O)c(C(C)(C)C)n2)cc1. The predicted molar refractivity (Wildman–Crippen MR) is 95.6 cm³/mol. The molecular weight excluding hydrogens is 302 g/mol. The molecule has 0 bridgehead atoms. The summed E-state index contributed by atoms with van der Waals surface area (Å²) < 4.78 is 1.75. The molecule has 2 aromatic rings. The van der Waals surface area contributed by atoms with Crippen LogP contribution in [0.1, 0.15) is 55.7 Å². The Morgan fingerprint density at radius 1 is 1.29 bits per heavy atom. The largest absolute Gasteiger partial charge is 0.393 e. The Bertz CT molecular complexity index is 694. The van der Waals surface area contributed by atoms with E-state index < -0.39 is 6.10 Å². The molecule has 0 spiro atoms. The number of aliphatic hydroxyl groups excluding tert-OH is 1. The Labute approximate surface area is 143 Å². The topological polar surface area (TPSA) is 67.2 Å². The molecule has 0 aliphatic carbocycles.